The lowest BCUT2D eigenvalue weighted by molar-refractivity contribution is 0.668. The summed E-state index contributed by atoms with van der Waals surface area (Å²) < 4.78 is 6.71. The molecule has 1 aliphatic rings. The zero-order chi connectivity index (χ0) is 16.7. The van der Waals surface area contributed by atoms with Crippen molar-refractivity contribution in [3.8, 4) is 0 Å². The van der Waals surface area contributed by atoms with Crippen molar-refractivity contribution < 1.29 is 0 Å². The number of aryl methyl sites for hydroxylation is 3. The maximum absolute atomic E-state index is 13.1. The van der Waals surface area contributed by atoms with E-state index in [0.29, 0.717) is 11.7 Å². The van der Waals surface area contributed by atoms with Gasteiger partial charge in [0, 0.05) is 11.4 Å². The van der Waals surface area contributed by atoms with Crippen LogP contribution < -0.4 is 5.56 Å². The number of nitrogens with zero attached hydrogens (tertiary/aromatic N) is 4. The Morgan fingerprint density at radius 1 is 1.33 bits per heavy atom. The molecule has 0 amide bonds. The fraction of sp³-hybridized carbons (Fsp3) is 0.375. The first kappa shape index (κ1) is 16.0. The first-order valence-corrected chi connectivity index (χ1v) is 10.2. The van der Waals surface area contributed by atoms with Crippen molar-refractivity contribution in [3.05, 3.63) is 39.3 Å². The van der Waals surface area contributed by atoms with Crippen molar-refractivity contribution in [2.75, 3.05) is 0 Å². The average molecular weight is 377 g/mol. The van der Waals surface area contributed by atoms with E-state index in [1.165, 1.54) is 40.2 Å². The summed E-state index contributed by atoms with van der Waals surface area (Å²) in [7, 11) is 0. The minimum absolute atomic E-state index is 0.0445. The van der Waals surface area contributed by atoms with Crippen LogP contribution in [0.4, 0.5) is 0 Å². The Morgan fingerprint density at radius 2 is 2.17 bits per heavy atom. The third kappa shape index (κ3) is 2.72. The molecular weight excluding hydrogens is 360 g/mol. The summed E-state index contributed by atoms with van der Waals surface area (Å²) in [6.07, 6.45) is 6.15. The molecule has 4 rings (SSSR count). The second-order valence-electron chi connectivity index (χ2n) is 5.70. The van der Waals surface area contributed by atoms with Crippen molar-refractivity contribution in [1.29, 1.82) is 0 Å². The number of allylic oxidation sites excluding steroid dienone is 1. The van der Waals surface area contributed by atoms with Gasteiger partial charge in [0.25, 0.3) is 5.56 Å². The molecule has 0 atom stereocenters. The maximum atomic E-state index is 13.1. The van der Waals surface area contributed by atoms with Gasteiger partial charge in [0.2, 0.25) is 0 Å². The second kappa shape index (κ2) is 6.42. The van der Waals surface area contributed by atoms with E-state index in [4.69, 9.17) is 4.98 Å². The Morgan fingerprint density at radius 3 is 2.92 bits per heavy atom. The van der Waals surface area contributed by atoms with Gasteiger partial charge in [0.15, 0.2) is 9.50 Å². The van der Waals surface area contributed by atoms with Crippen LogP contribution in [0.2, 0.25) is 0 Å². The molecule has 3 aromatic rings. The molecule has 0 fully saturated rings. The minimum atomic E-state index is 0.0445. The molecule has 124 valence electrons. The molecule has 0 aromatic carbocycles. The first-order chi connectivity index (χ1) is 11.7. The molecule has 0 bridgehead atoms. The number of thiophene rings is 1. The zero-order valence-corrected chi connectivity index (χ0v) is 15.7. The van der Waals surface area contributed by atoms with E-state index in [0.717, 1.165) is 39.6 Å². The highest BCUT2D eigenvalue weighted by molar-refractivity contribution is 8.00. The van der Waals surface area contributed by atoms with E-state index in [-0.39, 0.29) is 5.56 Å². The lowest BCUT2D eigenvalue weighted by atomic mass is 9.97. The van der Waals surface area contributed by atoms with E-state index in [9.17, 15) is 4.79 Å². The molecule has 3 heterocycles. The van der Waals surface area contributed by atoms with E-state index in [1.54, 1.807) is 22.0 Å². The highest BCUT2D eigenvalue weighted by atomic mass is 32.2. The third-order valence-electron chi connectivity index (χ3n) is 4.04. The Bertz CT molecular complexity index is 985. The Labute approximate surface area is 151 Å². The molecule has 0 radical (unpaired) electrons. The highest BCUT2D eigenvalue weighted by Gasteiger charge is 2.22. The van der Waals surface area contributed by atoms with Gasteiger partial charge >= 0.3 is 0 Å². The lowest BCUT2D eigenvalue weighted by Gasteiger charge is -2.11. The molecule has 3 aromatic heterocycles. The van der Waals surface area contributed by atoms with E-state index < -0.39 is 0 Å². The van der Waals surface area contributed by atoms with Gasteiger partial charge in [-0.05, 0) is 61.5 Å². The van der Waals surface area contributed by atoms with Crippen LogP contribution in [0.3, 0.4) is 0 Å². The molecule has 24 heavy (non-hydrogen) atoms. The fourth-order valence-electron chi connectivity index (χ4n) is 2.99. The molecule has 1 aliphatic carbocycles. The summed E-state index contributed by atoms with van der Waals surface area (Å²) in [4.78, 5) is 24.5. The average Bonchev–Trinajstić information content (AvgIpc) is 3.14. The van der Waals surface area contributed by atoms with Crippen LogP contribution in [0.15, 0.2) is 26.9 Å². The molecule has 0 unspecified atom stereocenters. The van der Waals surface area contributed by atoms with Crippen molar-refractivity contribution in [1.82, 2.24) is 18.9 Å². The zero-order valence-electron chi connectivity index (χ0n) is 13.2. The Kier molecular flexibility index (Phi) is 4.28. The van der Waals surface area contributed by atoms with Crippen LogP contribution in [0.5, 0.6) is 0 Å². The molecule has 0 saturated heterocycles. The smallest absolute Gasteiger partial charge is 0.263 e. The normalized spacial score (nSPS) is 14.0. The van der Waals surface area contributed by atoms with Crippen LogP contribution in [0.1, 0.15) is 29.1 Å². The standard InChI is InChI=1S/C16H16N4OS3/c1-3-8-20-14(21)12-10-6-4-5-7-11(10)22-13(12)18-15(20)23-16-17-9(2)19-24-16/h3H,1,4-8H2,2H3. The fourth-order valence-corrected chi connectivity index (χ4v) is 5.94. The van der Waals surface area contributed by atoms with Gasteiger partial charge in [-0.2, -0.15) is 4.37 Å². The molecule has 0 saturated carbocycles. The van der Waals surface area contributed by atoms with Crippen molar-refractivity contribution in [2.45, 2.75) is 48.6 Å². The molecule has 0 spiro atoms. The highest BCUT2D eigenvalue weighted by Crippen LogP contribution is 2.35. The Hall–Kier alpha value is -1.51. The van der Waals surface area contributed by atoms with Crippen LogP contribution >= 0.6 is 34.6 Å². The van der Waals surface area contributed by atoms with E-state index >= 15 is 0 Å². The van der Waals surface area contributed by atoms with Crippen LogP contribution in [-0.2, 0) is 19.4 Å². The van der Waals surface area contributed by atoms with Gasteiger partial charge in [-0.3, -0.25) is 9.36 Å². The van der Waals surface area contributed by atoms with E-state index in [1.807, 2.05) is 6.92 Å². The largest absolute Gasteiger partial charge is 0.283 e. The monoisotopic (exact) mass is 376 g/mol. The predicted octanol–water partition coefficient (Wildman–Crippen LogP) is 3.83. The van der Waals surface area contributed by atoms with Gasteiger partial charge in [0.05, 0.1) is 5.39 Å². The molecule has 8 heteroatoms. The molecule has 5 nitrogen and oxygen atoms in total. The summed E-state index contributed by atoms with van der Waals surface area (Å²) in [5, 5.41) is 1.48. The predicted molar refractivity (Wildman–Crippen MR) is 99.5 cm³/mol. The maximum Gasteiger partial charge on any atom is 0.263 e. The van der Waals surface area contributed by atoms with Crippen LogP contribution in [0, 0.1) is 6.92 Å². The van der Waals surface area contributed by atoms with Gasteiger partial charge in [0.1, 0.15) is 10.7 Å². The quantitative estimate of drug-likeness (QED) is 0.511. The number of fused-ring (bicyclic) bond motifs is 3. The summed E-state index contributed by atoms with van der Waals surface area (Å²) >= 11 is 4.41. The van der Waals surface area contributed by atoms with Gasteiger partial charge in [-0.1, -0.05) is 6.08 Å². The number of rotatable bonds is 4. The summed E-state index contributed by atoms with van der Waals surface area (Å²) in [5.74, 6) is 0.743. The first-order valence-electron chi connectivity index (χ1n) is 7.81. The Balaban J connectivity index is 1.90. The topological polar surface area (TPSA) is 60.7 Å². The number of hydrogen-bond acceptors (Lipinski definition) is 7. The number of aromatic nitrogens is 4. The van der Waals surface area contributed by atoms with Gasteiger partial charge in [-0.15, -0.1) is 17.9 Å². The molecule has 0 aliphatic heterocycles. The SMILES string of the molecule is C=CCn1c(Sc2nc(C)ns2)nc2sc3c(c2c1=O)CCCC3. The van der Waals surface area contributed by atoms with Gasteiger partial charge < -0.3 is 0 Å². The summed E-state index contributed by atoms with van der Waals surface area (Å²) in [5.41, 5.74) is 1.27. The second-order valence-corrected chi connectivity index (χ2v) is 8.75. The van der Waals surface area contributed by atoms with Crippen molar-refractivity contribution in [2.24, 2.45) is 0 Å². The molecular formula is C16H16N4OS3. The van der Waals surface area contributed by atoms with E-state index in [2.05, 4.69) is 15.9 Å². The van der Waals surface area contributed by atoms with Crippen molar-refractivity contribution in [3.63, 3.8) is 0 Å². The van der Waals surface area contributed by atoms with Crippen molar-refractivity contribution >= 4 is 44.8 Å². The van der Waals surface area contributed by atoms with Crippen LogP contribution in [-0.4, -0.2) is 18.9 Å². The van der Waals surface area contributed by atoms with Crippen LogP contribution in [0.25, 0.3) is 10.2 Å². The van der Waals surface area contributed by atoms with Gasteiger partial charge in [-0.25, -0.2) is 9.97 Å². The summed E-state index contributed by atoms with van der Waals surface area (Å²) in [6.45, 7) is 6.10. The minimum Gasteiger partial charge on any atom is -0.283 e. The number of hydrogen-bond donors (Lipinski definition) is 0. The lowest BCUT2D eigenvalue weighted by Crippen LogP contribution is -2.23. The summed E-state index contributed by atoms with van der Waals surface area (Å²) in [6, 6.07) is 0. The third-order valence-corrected chi connectivity index (χ3v) is 7.06. The molecule has 0 N–H and O–H groups in total.